The van der Waals surface area contributed by atoms with Gasteiger partial charge in [-0.3, -0.25) is 4.98 Å². The van der Waals surface area contributed by atoms with E-state index < -0.39 is 0 Å². The van der Waals surface area contributed by atoms with E-state index in [0.717, 1.165) is 43.9 Å². The van der Waals surface area contributed by atoms with Gasteiger partial charge in [-0.1, -0.05) is 30.9 Å². The molecule has 120 valence electrons. The first-order valence-electron chi connectivity index (χ1n) is 7.94. The minimum Gasteiger partial charge on any atom is -0.366 e. The number of nitrogens with two attached hydrogens (primary N) is 1. The van der Waals surface area contributed by atoms with Crippen molar-refractivity contribution in [2.24, 2.45) is 5.73 Å². The Bertz CT molecular complexity index is 529. The van der Waals surface area contributed by atoms with Gasteiger partial charge in [-0.15, -0.1) is 0 Å². The molecule has 0 spiro atoms. The third-order valence-corrected chi connectivity index (χ3v) is 3.72. The standard InChI is InChI=1S/C19H29N3/c1-5-6-10-16(2)18(4)22(14-8-7-12-20)15-19-17(3)11-9-13-21-19/h5-6,9-11,13H,4,7-8,12,14-15,20H2,1-3H3/b6-5-,16-10-. The van der Waals surface area contributed by atoms with E-state index in [-0.39, 0.29) is 0 Å². The third-order valence-electron chi connectivity index (χ3n) is 3.72. The molecule has 1 aromatic rings. The van der Waals surface area contributed by atoms with Crippen molar-refractivity contribution >= 4 is 0 Å². The first kappa shape index (κ1) is 18.2. The molecule has 0 radical (unpaired) electrons. The Balaban J connectivity index is 2.87. The average molecular weight is 299 g/mol. The first-order valence-corrected chi connectivity index (χ1v) is 7.94. The Morgan fingerprint density at radius 3 is 2.82 bits per heavy atom. The van der Waals surface area contributed by atoms with Crippen LogP contribution in [0.25, 0.3) is 0 Å². The lowest BCUT2D eigenvalue weighted by molar-refractivity contribution is 0.331. The molecule has 0 aliphatic rings. The fraction of sp³-hybridized carbons (Fsp3) is 0.421. The van der Waals surface area contributed by atoms with Crippen molar-refractivity contribution in [2.75, 3.05) is 13.1 Å². The summed E-state index contributed by atoms with van der Waals surface area (Å²) in [6.45, 7) is 13.0. The molecule has 22 heavy (non-hydrogen) atoms. The lowest BCUT2D eigenvalue weighted by Crippen LogP contribution is -2.25. The quantitative estimate of drug-likeness (QED) is 0.554. The van der Waals surface area contributed by atoms with Crippen LogP contribution in [0.1, 0.15) is 37.9 Å². The number of unbranched alkanes of at least 4 members (excludes halogenated alkanes) is 1. The van der Waals surface area contributed by atoms with Gasteiger partial charge in [-0.2, -0.15) is 0 Å². The van der Waals surface area contributed by atoms with E-state index >= 15 is 0 Å². The molecule has 1 heterocycles. The monoisotopic (exact) mass is 299 g/mol. The molecule has 0 aromatic carbocycles. The van der Waals surface area contributed by atoms with Gasteiger partial charge in [0.15, 0.2) is 0 Å². The van der Waals surface area contributed by atoms with Crippen molar-refractivity contribution < 1.29 is 0 Å². The van der Waals surface area contributed by atoms with E-state index in [2.05, 4.69) is 42.5 Å². The minimum atomic E-state index is 0.732. The highest BCUT2D eigenvalue weighted by molar-refractivity contribution is 5.29. The fourth-order valence-electron chi connectivity index (χ4n) is 2.21. The maximum absolute atomic E-state index is 5.62. The highest BCUT2D eigenvalue weighted by atomic mass is 15.1. The zero-order valence-electron chi connectivity index (χ0n) is 14.2. The van der Waals surface area contributed by atoms with Crippen molar-refractivity contribution in [1.82, 2.24) is 9.88 Å². The highest BCUT2D eigenvalue weighted by Gasteiger charge is 2.11. The Kier molecular flexibility index (Phi) is 8.23. The molecule has 0 atom stereocenters. The molecular formula is C19H29N3. The van der Waals surface area contributed by atoms with Crippen LogP contribution in [0, 0.1) is 6.92 Å². The molecule has 0 unspecified atom stereocenters. The summed E-state index contributed by atoms with van der Waals surface area (Å²) in [5.74, 6) is 0. The molecule has 1 rings (SSSR count). The van der Waals surface area contributed by atoms with Gasteiger partial charge in [0.05, 0.1) is 12.2 Å². The smallest absolute Gasteiger partial charge is 0.0626 e. The molecule has 0 aliphatic carbocycles. The van der Waals surface area contributed by atoms with Crippen LogP contribution in [-0.4, -0.2) is 23.0 Å². The van der Waals surface area contributed by atoms with Crippen molar-refractivity contribution in [3.05, 3.63) is 65.7 Å². The molecular weight excluding hydrogens is 270 g/mol. The summed E-state index contributed by atoms with van der Waals surface area (Å²) in [4.78, 5) is 6.82. The van der Waals surface area contributed by atoms with Gasteiger partial charge in [0, 0.05) is 18.4 Å². The number of hydrogen-bond acceptors (Lipinski definition) is 3. The van der Waals surface area contributed by atoms with Crippen molar-refractivity contribution in [2.45, 2.75) is 40.2 Å². The molecule has 0 saturated heterocycles. The highest BCUT2D eigenvalue weighted by Crippen LogP contribution is 2.18. The minimum absolute atomic E-state index is 0.732. The molecule has 0 fully saturated rings. The van der Waals surface area contributed by atoms with E-state index in [1.807, 2.05) is 31.3 Å². The molecule has 0 bridgehead atoms. The maximum atomic E-state index is 5.62. The molecule has 0 amide bonds. The average Bonchev–Trinajstić information content (AvgIpc) is 2.53. The van der Waals surface area contributed by atoms with Crippen LogP contribution in [0.2, 0.25) is 0 Å². The Hall–Kier alpha value is -1.87. The summed E-state index contributed by atoms with van der Waals surface area (Å²) in [7, 11) is 0. The van der Waals surface area contributed by atoms with Gasteiger partial charge in [0.2, 0.25) is 0 Å². The number of allylic oxidation sites excluding steroid dienone is 4. The SMILES string of the molecule is C=C(/C(C)=C\C=C/C)N(CCCCN)Cc1ncccc1C. The largest absolute Gasteiger partial charge is 0.366 e. The molecule has 0 aliphatic heterocycles. The third kappa shape index (κ3) is 5.86. The maximum Gasteiger partial charge on any atom is 0.0626 e. The van der Waals surface area contributed by atoms with E-state index in [1.165, 1.54) is 11.1 Å². The van der Waals surface area contributed by atoms with Crippen LogP contribution in [0.4, 0.5) is 0 Å². The van der Waals surface area contributed by atoms with E-state index in [1.54, 1.807) is 0 Å². The van der Waals surface area contributed by atoms with Gasteiger partial charge in [-0.25, -0.2) is 0 Å². The lowest BCUT2D eigenvalue weighted by atomic mass is 10.1. The van der Waals surface area contributed by atoms with Gasteiger partial charge in [-0.05, 0) is 57.4 Å². The van der Waals surface area contributed by atoms with Crippen LogP contribution < -0.4 is 5.73 Å². The van der Waals surface area contributed by atoms with E-state index in [0.29, 0.717) is 0 Å². The van der Waals surface area contributed by atoms with Crippen LogP contribution in [-0.2, 0) is 6.54 Å². The van der Waals surface area contributed by atoms with E-state index in [4.69, 9.17) is 5.73 Å². The summed E-state index contributed by atoms with van der Waals surface area (Å²) in [5, 5.41) is 0. The van der Waals surface area contributed by atoms with Crippen LogP contribution in [0.3, 0.4) is 0 Å². The van der Waals surface area contributed by atoms with Gasteiger partial charge in [0.25, 0.3) is 0 Å². The predicted octanol–water partition coefficient (Wildman–Crippen LogP) is 3.97. The Morgan fingerprint density at radius 1 is 1.41 bits per heavy atom. The number of nitrogens with zero attached hydrogens (tertiary/aromatic N) is 2. The molecule has 2 N–H and O–H groups in total. The summed E-state index contributed by atoms with van der Waals surface area (Å²) in [5.41, 5.74) is 10.2. The second-order valence-electron chi connectivity index (χ2n) is 5.51. The molecule has 1 aromatic heterocycles. The van der Waals surface area contributed by atoms with Gasteiger partial charge >= 0.3 is 0 Å². The van der Waals surface area contributed by atoms with Crippen LogP contribution in [0.15, 0.2) is 54.4 Å². The van der Waals surface area contributed by atoms with Crippen molar-refractivity contribution in [3.63, 3.8) is 0 Å². The molecule has 3 heteroatoms. The number of hydrogen-bond donors (Lipinski definition) is 1. The Morgan fingerprint density at radius 2 is 2.18 bits per heavy atom. The summed E-state index contributed by atoms with van der Waals surface area (Å²) in [6, 6.07) is 4.08. The molecule has 3 nitrogen and oxygen atoms in total. The Labute approximate surface area is 135 Å². The normalized spacial score (nSPS) is 11.9. The lowest BCUT2D eigenvalue weighted by Gasteiger charge is -2.27. The number of aromatic nitrogens is 1. The number of pyridine rings is 1. The van der Waals surface area contributed by atoms with Crippen molar-refractivity contribution in [1.29, 1.82) is 0 Å². The summed E-state index contributed by atoms with van der Waals surface area (Å²) < 4.78 is 0. The van der Waals surface area contributed by atoms with Crippen LogP contribution >= 0.6 is 0 Å². The van der Waals surface area contributed by atoms with Crippen molar-refractivity contribution in [3.8, 4) is 0 Å². The van der Waals surface area contributed by atoms with Gasteiger partial charge in [0.1, 0.15) is 0 Å². The topological polar surface area (TPSA) is 42.1 Å². The second-order valence-corrected chi connectivity index (χ2v) is 5.51. The predicted molar refractivity (Wildman–Crippen MR) is 95.4 cm³/mol. The molecule has 0 saturated carbocycles. The number of aryl methyl sites for hydroxylation is 1. The summed E-state index contributed by atoms with van der Waals surface area (Å²) >= 11 is 0. The fourth-order valence-corrected chi connectivity index (χ4v) is 2.21. The number of rotatable bonds is 9. The van der Waals surface area contributed by atoms with Gasteiger partial charge < -0.3 is 10.6 Å². The van der Waals surface area contributed by atoms with E-state index in [9.17, 15) is 0 Å². The van der Waals surface area contributed by atoms with Crippen LogP contribution in [0.5, 0.6) is 0 Å². The zero-order valence-corrected chi connectivity index (χ0v) is 14.2. The second kappa shape index (κ2) is 9.96. The summed E-state index contributed by atoms with van der Waals surface area (Å²) in [6.07, 6.45) is 10.1. The zero-order chi connectivity index (χ0) is 16.4. The first-order chi connectivity index (χ1) is 10.6.